The molecule has 30 heavy (non-hydrogen) atoms. The van der Waals surface area contributed by atoms with Gasteiger partial charge in [-0.1, -0.05) is 17.7 Å². The fraction of sp³-hybridized carbons (Fsp3) is 0.263. The number of aromatic nitrogens is 1. The Kier molecular flexibility index (Phi) is 6.49. The molecule has 6 nitrogen and oxygen atoms in total. The maximum Gasteiger partial charge on any atom is 0.417 e. The first-order chi connectivity index (χ1) is 14.1. The highest BCUT2D eigenvalue weighted by Gasteiger charge is 2.36. The van der Waals surface area contributed by atoms with E-state index in [-0.39, 0.29) is 32.1 Å². The van der Waals surface area contributed by atoms with E-state index in [0.29, 0.717) is 6.07 Å². The van der Waals surface area contributed by atoms with E-state index in [9.17, 15) is 26.4 Å². The van der Waals surface area contributed by atoms with Crippen LogP contribution in [-0.2, 0) is 21.0 Å². The number of sulfonamides is 1. The molecule has 2 aromatic rings. The second-order valence-electron chi connectivity index (χ2n) is 6.49. The minimum Gasteiger partial charge on any atom is -0.337 e. The molecule has 1 aromatic heterocycles. The Morgan fingerprint density at radius 3 is 2.43 bits per heavy atom. The van der Waals surface area contributed by atoms with Crippen LogP contribution in [0.25, 0.3) is 6.08 Å². The van der Waals surface area contributed by atoms with Crippen LogP contribution < -0.4 is 0 Å². The highest BCUT2D eigenvalue weighted by atomic mass is 35.5. The Morgan fingerprint density at radius 2 is 1.83 bits per heavy atom. The minimum absolute atomic E-state index is 0.0290. The van der Waals surface area contributed by atoms with Gasteiger partial charge in [0.05, 0.1) is 15.5 Å². The molecule has 0 spiro atoms. The molecule has 160 valence electrons. The molecule has 0 N–H and O–H groups in total. The van der Waals surface area contributed by atoms with Crippen LogP contribution in [0.15, 0.2) is 53.7 Å². The molecule has 0 unspecified atom stereocenters. The van der Waals surface area contributed by atoms with Gasteiger partial charge in [0.2, 0.25) is 15.9 Å². The summed E-state index contributed by atoms with van der Waals surface area (Å²) in [5.74, 6) is -0.290. The van der Waals surface area contributed by atoms with Gasteiger partial charge in [0, 0.05) is 44.6 Å². The van der Waals surface area contributed by atoms with Crippen molar-refractivity contribution < 1.29 is 26.4 Å². The number of piperazine rings is 1. The number of pyridine rings is 1. The molecule has 0 atom stereocenters. The Balaban J connectivity index is 1.68. The van der Waals surface area contributed by atoms with Crippen molar-refractivity contribution in [2.24, 2.45) is 0 Å². The summed E-state index contributed by atoms with van der Waals surface area (Å²) in [5.41, 5.74) is -0.463. The third kappa shape index (κ3) is 5.00. The third-order valence-corrected chi connectivity index (χ3v) is 6.76. The lowest BCUT2D eigenvalue weighted by atomic mass is 10.2. The highest BCUT2D eigenvalue weighted by molar-refractivity contribution is 7.89. The normalized spacial score (nSPS) is 16.2. The quantitative estimate of drug-likeness (QED) is 0.658. The van der Waals surface area contributed by atoms with Gasteiger partial charge < -0.3 is 4.90 Å². The number of rotatable bonds is 4. The van der Waals surface area contributed by atoms with Crippen LogP contribution in [-0.4, -0.2) is 54.7 Å². The topological polar surface area (TPSA) is 70.6 Å². The van der Waals surface area contributed by atoms with E-state index in [2.05, 4.69) is 4.98 Å². The third-order valence-electron chi connectivity index (χ3n) is 4.53. The van der Waals surface area contributed by atoms with E-state index >= 15 is 0 Å². The zero-order valence-electron chi connectivity index (χ0n) is 15.5. The zero-order chi connectivity index (χ0) is 21.9. The molecule has 1 aliphatic rings. The van der Waals surface area contributed by atoms with Gasteiger partial charge in [-0.05, 0) is 35.9 Å². The number of carbonyl (C=O) groups is 1. The summed E-state index contributed by atoms with van der Waals surface area (Å²) in [7, 11) is -4.16. The molecule has 2 heterocycles. The fourth-order valence-corrected chi connectivity index (χ4v) is 4.60. The highest BCUT2D eigenvalue weighted by Crippen LogP contribution is 2.36. The molecule has 1 fully saturated rings. The van der Waals surface area contributed by atoms with Crippen molar-refractivity contribution in [1.29, 1.82) is 0 Å². The van der Waals surface area contributed by atoms with E-state index in [0.717, 1.165) is 22.0 Å². The molecule has 0 bridgehead atoms. The number of halogens is 4. The zero-order valence-corrected chi connectivity index (χ0v) is 17.1. The fourth-order valence-electron chi connectivity index (χ4n) is 2.93. The van der Waals surface area contributed by atoms with Crippen LogP contribution in [0.3, 0.4) is 0 Å². The number of benzene rings is 1. The molecule has 1 amide bonds. The lowest BCUT2D eigenvalue weighted by molar-refractivity contribution is -0.137. The summed E-state index contributed by atoms with van der Waals surface area (Å²) in [5, 5.41) is -0.572. The van der Waals surface area contributed by atoms with Gasteiger partial charge in [0.15, 0.2) is 0 Å². The van der Waals surface area contributed by atoms with Crippen LogP contribution >= 0.6 is 11.6 Å². The van der Waals surface area contributed by atoms with E-state index in [1.165, 1.54) is 11.0 Å². The van der Waals surface area contributed by atoms with Gasteiger partial charge >= 0.3 is 6.18 Å². The molecule has 0 saturated carbocycles. The lowest BCUT2D eigenvalue weighted by Gasteiger charge is -2.33. The van der Waals surface area contributed by atoms with Gasteiger partial charge in [0.1, 0.15) is 0 Å². The molecule has 3 rings (SSSR count). The molecular weight excluding hydrogens is 443 g/mol. The molecule has 0 radical (unpaired) electrons. The summed E-state index contributed by atoms with van der Waals surface area (Å²) < 4.78 is 65.7. The SMILES string of the molecule is O=C(/C=C/c1cccnc1)N1CCN(S(=O)(=O)c2ccc(Cl)c(C(F)(F)F)c2)CC1. The number of nitrogens with zero attached hydrogens (tertiary/aromatic N) is 3. The van der Waals surface area contributed by atoms with E-state index in [1.807, 2.05) is 0 Å². The molecule has 0 aliphatic carbocycles. The Labute approximate surface area is 176 Å². The first-order valence-corrected chi connectivity index (χ1v) is 10.6. The monoisotopic (exact) mass is 459 g/mol. The van der Waals surface area contributed by atoms with E-state index in [1.54, 1.807) is 30.6 Å². The molecule has 1 saturated heterocycles. The van der Waals surface area contributed by atoms with Crippen molar-refractivity contribution in [2.75, 3.05) is 26.2 Å². The van der Waals surface area contributed by atoms with Crippen LogP contribution in [0.1, 0.15) is 11.1 Å². The van der Waals surface area contributed by atoms with E-state index < -0.39 is 31.7 Å². The first kappa shape index (κ1) is 22.3. The average molecular weight is 460 g/mol. The average Bonchev–Trinajstić information content (AvgIpc) is 2.72. The van der Waals surface area contributed by atoms with Crippen molar-refractivity contribution in [3.63, 3.8) is 0 Å². The Bertz CT molecular complexity index is 1050. The summed E-state index contributed by atoms with van der Waals surface area (Å²) in [6, 6.07) is 6.00. The van der Waals surface area contributed by atoms with Crippen molar-refractivity contribution in [3.8, 4) is 0 Å². The Hall–Kier alpha value is -2.43. The Morgan fingerprint density at radius 1 is 1.13 bits per heavy atom. The maximum absolute atomic E-state index is 13.0. The number of amides is 1. The van der Waals surface area contributed by atoms with Crippen LogP contribution in [0.5, 0.6) is 0 Å². The molecule has 11 heteroatoms. The van der Waals surface area contributed by atoms with Crippen molar-refractivity contribution in [2.45, 2.75) is 11.1 Å². The number of hydrogen-bond donors (Lipinski definition) is 0. The maximum atomic E-state index is 13.0. The standard InChI is InChI=1S/C19H17ClF3N3O3S/c20-17-5-4-15(12-16(17)19(21,22)23)30(28,29)26-10-8-25(9-11-26)18(27)6-3-14-2-1-7-24-13-14/h1-7,12-13H,8-11H2/b6-3+. The molecular formula is C19H17ClF3N3O3S. The predicted octanol–water partition coefficient (Wildman–Crippen LogP) is 3.30. The lowest BCUT2D eigenvalue weighted by Crippen LogP contribution is -2.50. The summed E-state index contributed by atoms with van der Waals surface area (Å²) in [6.07, 6.45) is 1.40. The second-order valence-corrected chi connectivity index (χ2v) is 8.83. The second kappa shape index (κ2) is 8.75. The van der Waals surface area contributed by atoms with Gasteiger partial charge in [0.25, 0.3) is 0 Å². The molecule has 1 aliphatic heterocycles. The summed E-state index contributed by atoms with van der Waals surface area (Å²) in [6.45, 7) is 0.182. The van der Waals surface area contributed by atoms with Crippen LogP contribution in [0.4, 0.5) is 13.2 Å². The van der Waals surface area contributed by atoms with Crippen molar-refractivity contribution in [3.05, 3.63) is 65.0 Å². The molecule has 1 aromatic carbocycles. The predicted molar refractivity (Wildman–Crippen MR) is 105 cm³/mol. The van der Waals surface area contributed by atoms with Gasteiger partial charge in [-0.3, -0.25) is 9.78 Å². The smallest absolute Gasteiger partial charge is 0.337 e. The van der Waals surface area contributed by atoms with Crippen LogP contribution in [0, 0.1) is 0 Å². The van der Waals surface area contributed by atoms with Gasteiger partial charge in [-0.25, -0.2) is 8.42 Å². The number of hydrogen-bond acceptors (Lipinski definition) is 4. The van der Waals surface area contributed by atoms with Crippen molar-refractivity contribution >= 4 is 33.6 Å². The van der Waals surface area contributed by atoms with Crippen LogP contribution in [0.2, 0.25) is 5.02 Å². The van der Waals surface area contributed by atoms with Gasteiger partial charge in [-0.2, -0.15) is 17.5 Å². The van der Waals surface area contributed by atoms with Gasteiger partial charge in [-0.15, -0.1) is 0 Å². The van der Waals surface area contributed by atoms with E-state index in [4.69, 9.17) is 11.6 Å². The van der Waals surface area contributed by atoms with Crippen molar-refractivity contribution in [1.82, 2.24) is 14.2 Å². The largest absolute Gasteiger partial charge is 0.417 e. The minimum atomic E-state index is -4.77. The number of carbonyl (C=O) groups excluding carboxylic acids is 1. The number of alkyl halides is 3. The summed E-state index contributed by atoms with van der Waals surface area (Å²) in [4.78, 5) is 17.2. The summed E-state index contributed by atoms with van der Waals surface area (Å²) >= 11 is 5.56. The first-order valence-electron chi connectivity index (χ1n) is 8.83.